The molecule has 1 aliphatic rings. The van der Waals surface area contributed by atoms with E-state index in [-0.39, 0.29) is 17.8 Å². The Morgan fingerprint density at radius 2 is 1.88 bits per heavy atom. The Balaban J connectivity index is 2.24. The molecule has 0 radical (unpaired) electrons. The van der Waals surface area contributed by atoms with Crippen LogP contribution >= 0.6 is 0 Å². The van der Waals surface area contributed by atoms with Crippen molar-refractivity contribution in [2.24, 2.45) is 0 Å². The van der Waals surface area contributed by atoms with Crippen molar-refractivity contribution < 1.29 is 9.53 Å². The zero-order valence-corrected chi connectivity index (χ0v) is 10.4. The molecule has 0 N–H and O–H groups in total. The van der Waals surface area contributed by atoms with Gasteiger partial charge in [-0.1, -0.05) is 43.2 Å². The van der Waals surface area contributed by atoms with E-state index in [4.69, 9.17) is 4.74 Å². The van der Waals surface area contributed by atoms with Crippen molar-refractivity contribution in [2.45, 2.75) is 38.0 Å². The highest BCUT2D eigenvalue weighted by Gasteiger charge is 2.41. The van der Waals surface area contributed by atoms with Crippen LogP contribution in [0.15, 0.2) is 30.3 Å². The van der Waals surface area contributed by atoms with Crippen LogP contribution in [0.25, 0.3) is 0 Å². The summed E-state index contributed by atoms with van der Waals surface area (Å²) in [6, 6.07) is 10.2. The van der Waals surface area contributed by atoms with Gasteiger partial charge in [-0.15, -0.1) is 0 Å². The lowest BCUT2D eigenvalue weighted by atomic mass is 9.75. The normalized spacial score (nSPS) is 18.2. The van der Waals surface area contributed by atoms with Gasteiger partial charge in [0.15, 0.2) is 5.78 Å². The van der Waals surface area contributed by atoms with Crippen molar-refractivity contribution in [3.63, 3.8) is 0 Å². The maximum absolute atomic E-state index is 12.4. The van der Waals surface area contributed by atoms with Crippen molar-refractivity contribution in [2.75, 3.05) is 13.2 Å². The summed E-state index contributed by atoms with van der Waals surface area (Å²) in [5.41, 5.74) is 0.901. The standard InChI is InChI=1S/C15H20O2/c1-2-17-12-14(16)15(10-6-7-11-15)13-8-4-3-5-9-13/h3-5,8-9H,2,6-7,10-12H2,1H3. The van der Waals surface area contributed by atoms with E-state index in [9.17, 15) is 4.79 Å². The van der Waals surface area contributed by atoms with Gasteiger partial charge in [0.05, 0.1) is 5.41 Å². The van der Waals surface area contributed by atoms with Crippen LogP contribution in [0.5, 0.6) is 0 Å². The van der Waals surface area contributed by atoms with E-state index in [1.807, 2.05) is 25.1 Å². The third-order valence-electron chi connectivity index (χ3n) is 3.75. The number of hydrogen-bond donors (Lipinski definition) is 0. The fraction of sp³-hybridized carbons (Fsp3) is 0.533. The fourth-order valence-corrected chi connectivity index (χ4v) is 2.80. The highest BCUT2D eigenvalue weighted by Crippen LogP contribution is 2.41. The number of hydrogen-bond acceptors (Lipinski definition) is 2. The number of ketones is 1. The van der Waals surface area contributed by atoms with Gasteiger partial charge in [-0.25, -0.2) is 0 Å². The molecule has 1 aromatic rings. The number of ether oxygens (including phenoxy) is 1. The maximum Gasteiger partial charge on any atom is 0.168 e. The molecule has 1 saturated carbocycles. The molecule has 92 valence electrons. The van der Waals surface area contributed by atoms with Gasteiger partial charge >= 0.3 is 0 Å². The molecule has 17 heavy (non-hydrogen) atoms. The SMILES string of the molecule is CCOCC(=O)C1(c2ccccc2)CCCC1. The van der Waals surface area contributed by atoms with Gasteiger partial charge in [0.25, 0.3) is 0 Å². The third-order valence-corrected chi connectivity index (χ3v) is 3.75. The van der Waals surface area contributed by atoms with Crippen LogP contribution in [-0.2, 0) is 14.9 Å². The number of carbonyl (C=O) groups excluding carboxylic acids is 1. The monoisotopic (exact) mass is 232 g/mol. The molecular formula is C15H20O2. The third kappa shape index (κ3) is 2.42. The molecule has 0 aromatic heterocycles. The second-order valence-electron chi connectivity index (χ2n) is 4.72. The molecule has 1 aliphatic carbocycles. The zero-order chi connectivity index (χ0) is 12.1. The lowest BCUT2D eigenvalue weighted by molar-refractivity contribution is -0.129. The molecule has 2 heteroatoms. The van der Waals surface area contributed by atoms with Gasteiger partial charge in [0, 0.05) is 6.61 Å². The Morgan fingerprint density at radius 1 is 1.24 bits per heavy atom. The van der Waals surface area contributed by atoms with E-state index in [1.165, 1.54) is 5.56 Å². The highest BCUT2D eigenvalue weighted by molar-refractivity contribution is 5.91. The Bertz CT molecular complexity index is 364. The van der Waals surface area contributed by atoms with Crippen LogP contribution in [-0.4, -0.2) is 19.0 Å². The molecule has 0 bridgehead atoms. The molecule has 1 fully saturated rings. The maximum atomic E-state index is 12.4. The predicted octanol–water partition coefficient (Wildman–Crippen LogP) is 3.10. The first-order valence-corrected chi connectivity index (χ1v) is 6.46. The Morgan fingerprint density at radius 3 is 2.47 bits per heavy atom. The van der Waals surface area contributed by atoms with E-state index in [2.05, 4.69) is 12.1 Å². The van der Waals surface area contributed by atoms with Gasteiger partial charge < -0.3 is 4.74 Å². The summed E-state index contributed by atoms with van der Waals surface area (Å²) >= 11 is 0. The van der Waals surface area contributed by atoms with E-state index in [1.54, 1.807) is 0 Å². The van der Waals surface area contributed by atoms with Crippen LogP contribution in [0.2, 0.25) is 0 Å². The average molecular weight is 232 g/mol. The number of rotatable bonds is 5. The fourth-order valence-electron chi connectivity index (χ4n) is 2.80. The van der Waals surface area contributed by atoms with E-state index in [0.29, 0.717) is 6.61 Å². The second kappa shape index (κ2) is 5.46. The van der Waals surface area contributed by atoms with Gasteiger partial charge in [0.2, 0.25) is 0 Å². The molecule has 0 heterocycles. The molecular weight excluding hydrogens is 212 g/mol. The van der Waals surface area contributed by atoms with Crippen LogP contribution in [0, 0.1) is 0 Å². The first-order chi connectivity index (χ1) is 8.29. The summed E-state index contributed by atoms with van der Waals surface area (Å²) in [7, 11) is 0. The molecule has 0 aliphatic heterocycles. The minimum Gasteiger partial charge on any atom is -0.374 e. The lowest BCUT2D eigenvalue weighted by Crippen LogP contribution is -2.35. The largest absolute Gasteiger partial charge is 0.374 e. The molecule has 2 nitrogen and oxygen atoms in total. The molecule has 2 rings (SSSR count). The number of Topliss-reactive ketones (excluding diaryl/α,β-unsaturated/α-hetero) is 1. The van der Waals surface area contributed by atoms with E-state index < -0.39 is 0 Å². The molecule has 1 aromatic carbocycles. The molecule has 0 amide bonds. The van der Waals surface area contributed by atoms with Crippen LogP contribution in [0.4, 0.5) is 0 Å². The quantitative estimate of drug-likeness (QED) is 0.779. The Labute approximate surface area is 103 Å². The minimum absolute atomic E-state index is 0.253. The topological polar surface area (TPSA) is 26.3 Å². The summed E-state index contributed by atoms with van der Waals surface area (Å²) in [5, 5.41) is 0. The summed E-state index contributed by atoms with van der Waals surface area (Å²) < 4.78 is 5.30. The van der Waals surface area contributed by atoms with Crippen LogP contribution in [0.1, 0.15) is 38.2 Å². The van der Waals surface area contributed by atoms with Crippen LogP contribution < -0.4 is 0 Å². The Kier molecular flexibility index (Phi) is 3.95. The summed E-state index contributed by atoms with van der Waals surface area (Å²) in [5.74, 6) is 0.253. The van der Waals surface area contributed by atoms with E-state index >= 15 is 0 Å². The first-order valence-electron chi connectivity index (χ1n) is 6.46. The zero-order valence-electron chi connectivity index (χ0n) is 10.4. The molecule has 0 unspecified atom stereocenters. The summed E-state index contributed by atoms with van der Waals surface area (Å²) in [6.45, 7) is 2.79. The van der Waals surface area contributed by atoms with Crippen molar-refractivity contribution in [1.29, 1.82) is 0 Å². The van der Waals surface area contributed by atoms with Gasteiger partial charge in [-0.2, -0.15) is 0 Å². The van der Waals surface area contributed by atoms with Gasteiger partial charge in [-0.3, -0.25) is 4.79 Å². The molecule has 0 spiro atoms. The van der Waals surface area contributed by atoms with E-state index in [0.717, 1.165) is 25.7 Å². The lowest BCUT2D eigenvalue weighted by Gasteiger charge is -2.27. The highest BCUT2D eigenvalue weighted by atomic mass is 16.5. The first kappa shape index (κ1) is 12.3. The number of benzene rings is 1. The predicted molar refractivity (Wildman–Crippen MR) is 68.1 cm³/mol. The second-order valence-corrected chi connectivity index (χ2v) is 4.72. The van der Waals surface area contributed by atoms with Gasteiger partial charge in [-0.05, 0) is 25.3 Å². The molecule has 0 atom stereocenters. The van der Waals surface area contributed by atoms with Crippen molar-refractivity contribution in [3.05, 3.63) is 35.9 Å². The summed E-state index contributed by atoms with van der Waals surface area (Å²) in [4.78, 5) is 12.4. The van der Waals surface area contributed by atoms with Gasteiger partial charge in [0.1, 0.15) is 6.61 Å². The van der Waals surface area contributed by atoms with Crippen molar-refractivity contribution in [3.8, 4) is 0 Å². The number of carbonyl (C=O) groups is 1. The van der Waals surface area contributed by atoms with Crippen molar-refractivity contribution in [1.82, 2.24) is 0 Å². The average Bonchev–Trinajstić information content (AvgIpc) is 2.87. The minimum atomic E-state index is -0.267. The molecule has 0 saturated heterocycles. The summed E-state index contributed by atoms with van der Waals surface area (Å²) in [6.07, 6.45) is 4.24. The van der Waals surface area contributed by atoms with Crippen molar-refractivity contribution >= 4 is 5.78 Å². The Hall–Kier alpha value is -1.15. The smallest absolute Gasteiger partial charge is 0.168 e. The van der Waals surface area contributed by atoms with Crippen LogP contribution in [0.3, 0.4) is 0 Å².